The second-order valence-corrected chi connectivity index (χ2v) is 10.7. The lowest BCUT2D eigenvalue weighted by Crippen LogP contribution is -2.57. The van der Waals surface area contributed by atoms with Crippen LogP contribution in [0.25, 0.3) is 0 Å². The third-order valence-electron chi connectivity index (χ3n) is 6.22. The number of hydrogen-bond acceptors (Lipinski definition) is 4. The molecule has 3 atom stereocenters. The van der Waals surface area contributed by atoms with E-state index in [0.717, 1.165) is 29.5 Å². The van der Waals surface area contributed by atoms with Crippen LogP contribution in [0.3, 0.4) is 0 Å². The Labute approximate surface area is 212 Å². The third-order valence-corrected chi connectivity index (χ3v) is 6.22. The van der Waals surface area contributed by atoms with E-state index in [1.165, 1.54) is 0 Å². The van der Waals surface area contributed by atoms with Crippen LogP contribution >= 0.6 is 0 Å². The molecule has 0 saturated heterocycles. The van der Waals surface area contributed by atoms with Crippen LogP contribution in [0.15, 0.2) is 18.2 Å². The maximum Gasteiger partial charge on any atom is 0.408 e. The van der Waals surface area contributed by atoms with Crippen LogP contribution in [0.4, 0.5) is 4.79 Å². The largest absolute Gasteiger partial charge is 0.444 e. The molecule has 0 radical (unpaired) electrons. The Morgan fingerprint density at radius 1 is 1.06 bits per heavy atom. The van der Waals surface area contributed by atoms with Gasteiger partial charge < -0.3 is 20.3 Å². The maximum atomic E-state index is 14.1. The van der Waals surface area contributed by atoms with E-state index in [0.29, 0.717) is 13.0 Å². The van der Waals surface area contributed by atoms with Gasteiger partial charge in [0.15, 0.2) is 0 Å². The highest BCUT2D eigenvalue weighted by Gasteiger charge is 2.40. The minimum Gasteiger partial charge on any atom is -0.444 e. The molecule has 0 spiro atoms. The molecule has 0 heterocycles. The van der Waals surface area contributed by atoms with Crippen molar-refractivity contribution in [3.8, 4) is 0 Å². The molecule has 2 N–H and O–H groups in total. The first-order valence-corrected chi connectivity index (χ1v) is 12.9. The summed E-state index contributed by atoms with van der Waals surface area (Å²) in [7, 11) is 0. The molecule has 1 rings (SSSR count). The number of benzene rings is 1. The second kappa shape index (κ2) is 13.5. The molecule has 0 aromatic heterocycles. The zero-order valence-corrected chi connectivity index (χ0v) is 23.5. The van der Waals surface area contributed by atoms with Crippen LogP contribution in [0.5, 0.6) is 0 Å². The molecule has 7 heteroatoms. The van der Waals surface area contributed by atoms with Crippen LogP contribution in [-0.4, -0.2) is 47.0 Å². The van der Waals surface area contributed by atoms with Crippen LogP contribution in [0.2, 0.25) is 0 Å². The Morgan fingerprint density at radius 3 is 2.20 bits per heavy atom. The minimum absolute atomic E-state index is 0.205. The fraction of sp³-hybridized carbons (Fsp3) is 0.679. The topological polar surface area (TPSA) is 87.7 Å². The highest BCUT2D eigenvalue weighted by atomic mass is 16.6. The van der Waals surface area contributed by atoms with Crippen molar-refractivity contribution in [2.75, 3.05) is 6.54 Å². The van der Waals surface area contributed by atoms with Gasteiger partial charge in [-0.3, -0.25) is 9.59 Å². The quantitative estimate of drug-likeness (QED) is 0.405. The average Bonchev–Trinajstić information content (AvgIpc) is 2.75. The van der Waals surface area contributed by atoms with Gasteiger partial charge in [-0.05, 0) is 77.0 Å². The Balaban J connectivity index is 3.55. The number of carbonyl (C=O) groups excluding carboxylic acids is 3. The Hall–Kier alpha value is -2.57. The van der Waals surface area contributed by atoms with Gasteiger partial charge in [0.05, 0.1) is 0 Å². The second-order valence-electron chi connectivity index (χ2n) is 10.7. The zero-order valence-electron chi connectivity index (χ0n) is 23.5. The van der Waals surface area contributed by atoms with Gasteiger partial charge in [0, 0.05) is 12.6 Å². The van der Waals surface area contributed by atoms with Gasteiger partial charge in [0.1, 0.15) is 17.7 Å². The van der Waals surface area contributed by atoms with Gasteiger partial charge in [-0.2, -0.15) is 0 Å². The van der Waals surface area contributed by atoms with Gasteiger partial charge in [0.25, 0.3) is 0 Å². The van der Waals surface area contributed by atoms with E-state index >= 15 is 0 Å². The summed E-state index contributed by atoms with van der Waals surface area (Å²) in [5.41, 5.74) is 2.14. The lowest BCUT2D eigenvalue weighted by molar-refractivity contribution is -0.146. The molecular formula is C28H47N3O4. The SMILES string of the molecule is CCCCNC(=O)C(c1cccc(C)c1C)N(C(=O)C(NC(=O)OC(C)(C)C)C(C)C)C(C)CC. The number of nitrogens with zero attached hydrogens (tertiary/aromatic N) is 1. The van der Waals surface area contributed by atoms with Crippen LogP contribution in [0, 0.1) is 19.8 Å². The maximum absolute atomic E-state index is 14.1. The number of ether oxygens (including phenoxy) is 1. The number of alkyl carbamates (subject to hydrolysis) is 1. The normalized spacial score (nSPS) is 14.1. The number of carbonyl (C=O) groups is 3. The standard InChI is InChI=1S/C28H47N3O4/c1-11-13-17-29-25(32)24(22-16-14-15-19(5)21(22)7)31(20(6)12-2)26(33)23(18(3)4)30-27(34)35-28(8,9)10/h14-16,18,20,23-24H,11-13,17H2,1-10H3,(H,29,32)(H,30,34). The number of nitrogens with one attached hydrogen (secondary N) is 2. The first-order valence-electron chi connectivity index (χ1n) is 12.9. The molecule has 1 aromatic carbocycles. The minimum atomic E-state index is -0.838. The van der Waals surface area contributed by atoms with Crippen LogP contribution < -0.4 is 10.6 Å². The van der Waals surface area contributed by atoms with E-state index in [4.69, 9.17) is 4.74 Å². The number of amides is 3. The Kier molecular flexibility index (Phi) is 11.7. The van der Waals surface area contributed by atoms with E-state index in [2.05, 4.69) is 17.6 Å². The van der Waals surface area contributed by atoms with E-state index in [1.54, 1.807) is 25.7 Å². The molecule has 7 nitrogen and oxygen atoms in total. The summed E-state index contributed by atoms with van der Waals surface area (Å²) in [6.45, 7) is 19.6. The highest BCUT2D eigenvalue weighted by Crippen LogP contribution is 2.30. The van der Waals surface area contributed by atoms with Crippen molar-refractivity contribution >= 4 is 17.9 Å². The van der Waals surface area contributed by atoms with E-state index in [1.807, 2.05) is 59.7 Å². The lowest BCUT2D eigenvalue weighted by atomic mass is 9.92. The van der Waals surface area contributed by atoms with Crippen molar-refractivity contribution in [3.63, 3.8) is 0 Å². The number of aryl methyl sites for hydroxylation is 1. The number of rotatable bonds is 11. The van der Waals surface area contributed by atoms with Gasteiger partial charge in [-0.1, -0.05) is 52.3 Å². The van der Waals surface area contributed by atoms with Crippen LogP contribution in [-0.2, 0) is 14.3 Å². The zero-order chi connectivity index (χ0) is 26.9. The molecule has 35 heavy (non-hydrogen) atoms. The van der Waals surface area contributed by atoms with E-state index in [9.17, 15) is 14.4 Å². The summed E-state index contributed by atoms with van der Waals surface area (Å²) in [6, 6.07) is 3.96. The Bertz CT molecular complexity index is 860. The highest BCUT2D eigenvalue weighted by molar-refractivity contribution is 5.92. The molecule has 3 unspecified atom stereocenters. The smallest absolute Gasteiger partial charge is 0.408 e. The molecule has 0 aliphatic heterocycles. The van der Waals surface area contributed by atoms with E-state index < -0.39 is 23.8 Å². The van der Waals surface area contributed by atoms with Crippen molar-refractivity contribution in [1.29, 1.82) is 0 Å². The van der Waals surface area contributed by atoms with Gasteiger partial charge in [0.2, 0.25) is 11.8 Å². The lowest BCUT2D eigenvalue weighted by Gasteiger charge is -2.39. The van der Waals surface area contributed by atoms with Crippen LogP contribution in [0.1, 0.15) is 97.4 Å². The molecule has 198 valence electrons. The van der Waals surface area contributed by atoms with Gasteiger partial charge in [-0.15, -0.1) is 0 Å². The van der Waals surface area contributed by atoms with Crippen molar-refractivity contribution in [2.45, 2.75) is 112 Å². The van der Waals surface area contributed by atoms with Gasteiger partial charge >= 0.3 is 6.09 Å². The summed E-state index contributed by atoms with van der Waals surface area (Å²) in [5.74, 6) is -0.707. The predicted octanol–water partition coefficient (Wildman–Crippen LogP) is 5.44. The molecule has 0 saturated carbocycles. The third kappa shape index (κ3) is 8.86. The van der Waals surface area contributed by atoms with Crippen molar-refractivity contribution in [1.82, 2.24) is 15.5 Å². The van der Waals surface area contributed by atoms with Crippen molar-refractivity contribution in [3.05, 3.63) is 34.9 Å². The van der Waals surface area contributed by atoms with Gasteiger partial charge in [-0.25, -0.2) is 4.79 Å². The molecule has 0 aliphatic rings. The molecule has 1 aromatic rings. The first kappa shape index (κ1) is 30.5. The number of unbranched alkanes of at least 4 members (excludes halogenated alkanes) is 1. The monoisotopic (exact) mass is 489 g/mol. The fourth-order valence-corrected chi connectivity index (χ4v) is 3.88. The fourth-order valence-electron chi connectivity index (χ4n) is 3.88. The molecule has 0 fully saturated rings. The summed E-state index contributed by atoms with van der Waals surface area (Å²) >= 11 is 0. The molecule has 0 bridgehead atoms. The predicted molar refractivity (Wildman–Crippen MR) is 141 cm³/mol. The Morgan fingerprint density at radius 2 is 1.69 bits per heavy atom. The molecule has 3 amide bonds. The molecule has 0 aliphatic carbocycles. The summed E-state index contributed by atoms with van der Waals surface area (Å²) in [6.07, 6.45) is 1.83. The van der Waals surface area contributed by atoms with E-state index in [-0.39, 0.29) is 23.8 Å². The van der Waals surface area contributed by atoms with Crippen molar-refractivity contribution in [2.24, 2.45) is 5.92 Å². The molecular weight excluding hydrogens is 442 g/mol. The summed E-state index contributed by atoms with van der Waals surface area (Å²) in [4.78, 5) is 42.0. The average molecular weight is 490 g/mol. The summed E-state index contributed by atoms with van der Waals surface area (Å²) < 4.78 is 5.43. The van der Waals surface area contributed by atoms with Crippen molar-refractivity contribution < 1.29 is 19.1 Å². The summed E-state index contributed by atoms with van der Waals surface area (Å²) in [5, 5.41) is 5.81. The number of hydrogen-bond donors (Lipinski definition) is 2. The first-order chi connectivity index (χ1) is 16.2.